The summed E-state index contributed by atoms with van der Waals surface area (Å²) in [6.45, 7) is 3.99. The highest BCUT2D eigenvalue weighted by Crippen LogP contribution is 2.67. The monoisotopic (exact) mass is 393 g/mol. The van der Waals surface area contributed by atoms with Crippen molar-refractivity contribution in [2.24, 2.45) is 11.3 Å². The predicted octanol–water partition coefficient (Wildman–Crippen LogP) is 5.03. The van der Waals surface area contributed by atoms with Gasteiger partial charge in [-0.1, -0.05) is 78.9 Å². The normalized spacial score (nSPS) is 29.4. The minimum absolute atomic E-state index is 0.0298. The summed E-state index contributed by atoms with van der Waals surface area (Å²) in [6.07, 6.45) is 0. The molecule has 2 amide bonds. The van der Waals surface area contributed by atoms with Crippen molar-refractivity contribution in [2.45, 2.75) is 31.7 Å². The Bertz CT molecular complexity index is 1150. The van der Waals surface area contributed by atoms with Gasteiger partial charge in [-0.2, -0.15) is 0 Å². The Labute approximate surface area is 176 Å². The first-order valence-corrected chi connectivity index (χ1v) is 10.6. The molecule has 3 aromatic rings. The molecule has 4 aliphatic rings. The van der Waals surface area contributed by atoms with Gasteiger partial charge >= 0.3 is 0 Å². The lowest BCUT2D eigenvalue weighted by Crippen LogP contribution is -2.49. The lowest BCUT2D eigenvalue weighted by molar-refractivity contribution is -0.143. The number of benzene rings is 3. The third-order valence-corrected chi connectivity index (χ3v) is 7.72. The van der Waals surface area contributed by atoms with Gasteiger partial charge in [0.05, 0.1) is 17.4 Å². The van der Waals surface area contributed by atoms with Crippen LogP contribution in [0.3, 0.4) is 0 Å². The average molecular weight is 393 g/mol. The van der Waals surface area contributed by atoms with Crippen molar-refractivity contribution in [2.75, 3.05) is 0 Å². The number of likely N-dealkylation sites (tertiary alicyclic amines) is 1. The summed E-state index contributed by atoms with van der Waals surface area (Å²) in [6, 6.07) is 26.3. The first-order chi connectivity index (χ1) is 14.5. The van der Waals surface area contributed by atoms with Crippen LogP contribution in [0.2, 0.25) is 0 Å². The van der Waals surface area contributed by atoms with Gasteiger partial charge in [-0.05, 0) is 41.7 Å². The molecule has 1 fully saturated rings. The first-order valence-electron chi connectivity index (χ1n) is 10.6. The number of hydrogen-bond acceptors (Lipinski definition) is 2. The second-order valence-electron chi connectivity index (χ2n) is 9.03. The van der Waals surface area contributed by atoms with E-state index < -0.39 is 5.41 Å². The van der Waals surface area contributed by atoms with Gasteiger partial charge in [-0.15, -0.1) is 0 Å². The van der Waals surface area contributed by atoms with Gasteiger partial charge in [0.1, 0.15) is 0 Å². The Morgan fingerprint density at radius 3 is 1.83 bits per heavy atom. The topological polar surface area (TPSA) is 37.4 Å². The molecule has 3 aromatic carbocycles. The maximum atomic E-state index is 14.0. The Hall–Kier alpha value is -3.20. The van der Waals surface area contributed by atoms with Crippen LogP contribution in [-0.4, -0.2) is 16.7 Å². The van der Waals surface area contributed by atoms with Crippen LogP contribution in [-0.2, 0) is 9.59 Å². The van der Waals surface area contributed by atoms with Crippen LogP contribution in [0.1, 0.15) is 59.5 Å². The smallest absolute Gasteiger partial charge is 0.237 e. The molecule has 3 atom stereocenters. The summed E-state index contributed by atoms with van der Waals surface area (Å²) < 4.78 is 0. The van der Waals surface area contributed by atoms with Crippen molar-refractivity contribution < 1.29 is 9.59 Å². The maximum absolute atomic E-state index is 14.0. The Morgan fingerprint density at radius 2 is 1.27 bits per heavy atom. The number of imide groups is 1. The molecular formula is C27H23NO2. The molecular weight excluding hydrogens is 370 g/mol. The minimum atomic E-state index is -0.756. The van der Waals surface area contributed by atoms with Gasteiger partial charge in [-0.25, -0.2) is 0 Å². The summed E-state index contributed by atoms with van der Waals surface area (Å²) in [5.41, 5.74) is 5.06. The molecule has 0 aromatic heterocycles. The van der Waals surface area contributed by atoms with Gasteiger partial charge in [0.15, 0.2) is 0 Å². The van der Waals surface area contributed by atoms with Crippen LogP contribution >= 0.6 is 0 Å². The van der Waals surface area contributed by atoms with E-state index in [1.54, 1.807) is 4.90 Å². The molecule has 148 valence electrons. The summed E-state index contributed by atoms with van der Waals surface area (Å²) in [7, 11) is 0. The molecule has 0 N–H and O–H groups in total. The highest BCUT2D eigenvalue weighted by molar-refractivity contribution is 6.10. The van der Waals surface area contributed by atoms with Gasteiger partial charge in [0.2, 0.25) is 11.8 Å². The third kappa shape index (κ3) is 1.95. The van der Waals surface area contributed by atoms with E-state index in [9.17, 15) is 9.59 Å². The molecule has 1 aliphatic heterocycles. The first kappa shape index (κ1) is 17.6. The third-order valence-electron chi connectivity index (χ3n) is 7.72. The highest BCUT2D eigenvalue weighted by atomic mass is 16.2. The Kier molecular flexibility index (Phi) is 3.48. The Morgan fingerprint density at radius 1 is 0.767 bits per heavy atom. The standard InChI is InChI=1S/C27H23NO2/c1-16(17-10-4-3-5-11-17)28-25(29)24-22-18-12-6-8-14-20(18)23(27(24,2)26(28)30)21-15-9-7-13-19(21)22/h3-16,22-24H,1-2H3. The van der Waals surface area contributed by atoms with E-state index in [2.05, 4.69) is 24.3 Å². The van der Waals surface area contributed by atoms with E-state index in [0.717, 1.165) is 5.56 Å². The molecule has 0 saturated carbocycles. The van der Waals surface area contributed by atoms with Crippen LogP contribution in [0.4, 0.5) is 0 Å². The molecule has 2 bridgehead atoms. The van der Waals surface area contributed by atoms with Crippen LogP contribution < -0.4 is 0 Å². The summed E-state index contributed by atoms with van der Waals surface area (Å²) in [5.74, 6) is -0.585. The van der Waals surface area contributed by atoms with Crippen LogP contribution in [0.5, 0.6) is 0 Å². The van der Waals surface area contributed by atoms with E-state index in [-0.39, 0.29) is 35.6 Å². The van der Waals surface area contributed by atoms with Crippen molar-refractivity contribution in [1.29, 1.82) is 0 Å². The van der Waals surface area contributed by atoms with Gasteiger partial charge in [-0.3, -0.25) is 14.5 Å². The molecule has 3 unspecified atom stereocenters. The van der Waals surface area contributed by atoms with Gasteiger partial charge in [0, 0.05) is 11.8 Å². The predicted molar refractivity (Wildman–Crippen MR) is 115 cm³/mol. The lowest BCUT2D eigenvalue weighted by Gasteiger charge is -2.51. The average Bonchev–Trinajstić information content (AvgIpc) is 2.99. The number of hydrogen-bond donors (Lipinski definition) is 0. The maximum Gasteiger partial charge on any atom is 0.237 e. The Balaban J connectivity index is 1.57. The molecule has 3 aliphatic carbocycles. The minimum Gasteiger partial charge on any atom is -0.274 e. The fourth-order valence-corrected chi connectivity index (χ4v) is 6.39. The van der Waals surface area contributed by atoms with Gasteiger partial charge in [0.25, 0.3) is 0 Å². The molecule has 3 heteroatoms. The lowest BCUT2D eigenvalue weighted by atomic mass is 9.48. The number of rotatable bonds is 2. The number of carbonyl (C=O) groups excluding carboxylic acids is 2. The van der Waals surface area contributed by atoms with E-state index in [1.807, 2.05) is 68.4 Å². The molecule has 1 heterocycles. The summed E-state index contributed by atoms with van der Waals surface area (Å²) in [4.78, 5) is 29.4. The van der Waals surface area contributed by atoms with Crippen LogP contribution in [0, 0.1) is 11.3 Å². The summed E-state index contributed by atoms with van der Waals surface area (Å²) >= 11 is 0. The van der Waals surface area contributed by atoms with Crippen LogP contribution in [0.15, 0.2) is 78.9 Å². The fourth-order valence-electron chi connectivity index (χ4n) is 6.39. The van der Waals surface area contributed by atoms with E-state index in [1.165, 1.54) is 22.3 Å². The van der Waals surface area contributed by atoms with E-state index in [0.29, 0.717) is 0 Å². The molecule has 0 spiro atoms. The molecule has 1 saturated heterocycles. The molecule has 30 heavy (non-hydrogen) atoms. The van der Waals surface area contributed by atoms with E-state index in [4.69, 9.17) is 0 Å². The van der Waals surface area contributed by atoms with Crippen LogP contribution in [0.25, 0.3) is 0 Å². The van der Waals surface area contributed by atoms with E-state index >= 15 is 0 Å². The number of nitrogens with zero attached hydrogens (tertiary/aromatic N) is 1. The zero-order valence-corrected chi connectivity index (χ0v) is 17.1. The molecule has 7 rings (SSSR count). The summed E-state index contributed by atoms with van der Waals surface area (Å²) in [5, 5.41) is 0. The highest BCUT2D eigenvalue weighted by Gasteiger charge is 2.69. The van der Waals surface area contributed by atoms with Crippen molar-refractivity contribution in [3.05, 3.63) is 107 Å². The van der Waals surface area contributed by atoms with Crippen molar-refractivity contribution >= 4 is 11.8 Å². The fraction of sp³-hybridized carbons (Fsp3) is 0.259. The molecule has 3 nitrogen and oxygen atoms in total. The zero-order valence-electron chi connectivity index (χ0n) is 17.1. The quantitative estimate of drug-likeness (QED) is 0.573. The number of carbonyl (C=O) groups is 2. The zero-order chi connectivity index (χ0) is 20.6. The van der Waals surface area contributed by atoms with Crippen molar-refractivity contribution in [3.63, 3.8) is 0 Å². The van der Waals surface area contributed by atoms with Crippen molar-refractivity contribution in [3.8, 4) is 0 Å². The largest absolute Gasteiger partial charge is 0.274 e. The molecule has 0 radical (unpaired) electrons. The second-order valence-corrected chi connectivity index (χ2v) is 9.03. The van der Waals surface area contributed by atoms with Crippen molar-refractivity contribution in [1.82, 2.24) is 4.90 Å². The number of amides is 2. The second kappa shape index (κ2) is 5.91. The SMILES string of the molecule is CC(c1ccccc1)N1C(=O)C2C3c4ccccc4C(c4ccccc43)C2(C)C1=O. The van der Waals surface area contributed by atoms with Gasteiger partial charge < -0.3 is 0 Å².